The first-order valence-corrected chi connectivity index (χ1v) is 10.8. The lowest BCUT2D eigenvalue weighted by atomic mass is 10.0. The summed E-state index contributed by atoms with van der Waals surface area (Å²) in [5.74, 6) is 1.56. The minimum Gasteiger partial charge on any atom is -0.497 e. The van der Waals surface area contributed by atoms with Crippen LogP contribution in [0.5, 0.6) is 17.2 Å². The molecule has 172 valence electrons. The van der Waals surface area contributed by atoms with Crippen LogP contribution < -0.4 is 24.8 Å². The predicted molar refractivity (Wildman–Crippen MR) is 123 cm³/mol. The number of benzene rings is 2. The van der Waals surface area contributed by atoms with Gasteiger partial charge in [0, 0.05) is 25.2 Å². The molecule has 8 heteroatoms. The summed E-state index contributed by atoms with van der Waals surface area (Å²) in [4.78, 5) is 27.3. The molecule has 0 bridgehead atoms. The van der Waals surface area contributed by atoms with Crippen molar-refractivity contribution in [3.8, 4) is 17.2 Å². The molecule has 1 saturated heterocycles. The van der Waals surface area contributed by atoms with Crippen molar-refractivity contribution in [2.75, 3.05) is 45.8 Å². The average molecular weight is 442 g/mol. The summed E-state index contributed by atoms with van der Waals surface area (Å²) in [6, 6.07) is 12.6. The maximum Gasteiger partial charge on any atom is 0.255 e. The summed E-state index contributed by atoms with van der Waals surface area (Å²) < 4.78 is 16.1. The lowest BCUT2D eigenvalue weighted by molar-refractivity contribution is -0.117. The number of methoxy groups -OCH3 is 2. The smallest absolute Gasteiger partial charge is 0.255 e. The fraction of sp³-hybridized carbons (Fsp3) is 0.417. The Morgan fingerprint density at radius 3 is 2.47 bits per heavy atom. The van der Waals surface area contributed by atoms with Gasteiger partial charge in [-0.2, -0.15) is 0 Å². The van der Waals surface area contributed by atoms with Gasteiger partial charge in [0.15, 0.2) is 0 Å². The van der Waals surface area contributed by atoms with Gasteiger partial charge in [0.2, 0.25) is 5.91 Å². The number of nitrogens with zero attached hydrogens (tertiary/aromatic N) is 1. The first kappa shape index (κ1) is 23.4. The molecule has 2 aromatic carbocycles. The molecular weight excluding hydrogens is 410 g/mol. The maximum atomic E-state index is 12.7. The number of likely N-dealkylation sites (tertiary alicyclic amines) is 1. The number of hydrogen-bond acceptors (Lipinski definition) is 6. The average Bonchev–Trinajstić information content (AvgIpc) is 2.80. The zero-order valence-electron chi connectivity index (χ0n) is 18.8. The van der Waals surface area contributed by atoms with E-state index in [0.717, 1.165) is 25.9 Å². The van der Waals surface area contributed by atoms with E-state index >= 15 is 0 Å². The van der Waals surface area contributed by atoms with Gasteiger partial charge in [-0.1, -0.05) is 12.1 Å². The summed E-state index contributed by atoms with van der Waals surface area (Å²) in [5.41, 5.74) is 1.12. The molecule has 0 aliphatic carbocycles. The van der Waals surface area contributed by atoms with Crippen molar-refractivity contribution in [1.82, 2.24) is 10.2 Å². The molecule has 2 amide bonds. The summed E-state index contributed by atoms with van der Waals surface area (Å²) in [7, 11) is 3.13. The SMILES string of the molecule is CCOc1ccccc1C(=O)NC1CCN(CC(=O)Nc2cc(OC)ccc2OC)CC1. The number of piperidine rings is 1. The Bertz CT molecular complexity index is 926. The van der Waals surface area contributed by atoms with Gasteiger partial charge in [-0.3, -0.25) is 14.5 Å². The largest absolute Gasteiger partial charge is 0.497 e. The lowest BCUT2D eigenvalue weighted by Crippen LogP contribution is -2.46. The molecule has 0 atom stereocenters. The standard InChI is InChI=1S/C24H31N3O5/c1-4-32-21-8-6-5-7-19(21)24(29)25-17-11-13-27(14-12-17)16-23(28)26-20-15-18(30-2)9-10-22(20)31-3/h5-10,15,17H,4,11-14,16H2,1-3H3,(H,25,29)(H,26,28). The highest BCUT2D eigenvalue weighted by molar-refractivity contribution is 5.97. The maximum absolute atomic E-state index is 12.7. The Morgan fingerprint density at radius 1 is 1.03 bits per heavy atom. The van der Waals surface area contributed by atoms with E-state index in [1.54, 1.807) is 44.6 Å². The molecule has 2 N–H and O–H groups in total. The van der Waals surface area contributed by atoms with Crippen LogP contribution in [0.4, 0.5) is 5.69 Å². The minimum absolute atomic E-state index is 0.0648. The molecule has 0 aromatic heterocycles. The fourth-order valence-electron chi connectivity index (χ4n) is 3.74. The second-order valence-electron chi connectivity index (χ2n) is 7.57. The van der Waals surface area contributed by atoms with E-state index in [9.17, 15) is 9.59 Å². The van der Waals surface area contributed by atoms with Crippen LogP contribution in [0.3, 0.4) is 0 Å². The van der Waals surface area contributed by atoms with Gasteiger partial charge < -0.3 is 24.8 Å². The van der Waals surface area contributed by atoms with Crippen molar-refractivity contribution in [3.05, 3.63) is 48.0 Å². The number of nitrogens with one attached hydrogen (secondary N) is 2. The number of hydrogen-bond donors (Lipinski definition) is 2. The highest BCUT2D eigenvalue weighted by atomic mass is 16.5. The molecule has 3 rings (SSSR count). The molecular formula is C24H31N3O5. The third-order valence-corrected chi connectivity index (χ3v) is 5.40. The molecule has 0 radical (unpaired) electrons. The van der Waals surface area contributed by atoms with Crippen LogP contribution in [0.15, 0.2) is 42.5 Å². The van der Waals surface area contributed by atoms with Gasteiger partial charge in [0.25, 0.3) is 5.91 Å². The molecule has 8 nitrogen and oxygen atoms in total. The molecule has 32 heavy (non-hydrogen) atoms. The summed E-state index contributed by atoms with van der Waals surface area (Å²) in [6.07, 6.45) is 1.55. The van der Waals surface area contributed by atoms with Crippen molar-refractivity contribution in [3.63, 3.8) is 0 Å². The van der Waals surface area contributed by atoms with Crippen LogP contribution in [0.25, 0.3) is 0 Å². The molecule has 1 aliphatic rings. The Labute approximate surface area is 188 Å². The van der Waals surface area contributed by atoms with E-state index < -0.39 is 0 Å². The van der Waals surface area contributed by atoms with E-state index in [1.165, 1.54) is 0 Å². The number of anilines is 1. The van der Waals surface area contributed by atoms with E-state index in [-0.39, 0.29) is 24.4 Å². The van der Waals surface area contributed by atoms with Crippen molar-refractivity contribution >= 4 is 17.5 Å². The Balaban J connectivity index is 1.49. The van der Waals surface area contributed by atoms with Crippen LogP contribution >= 0.6 is 0 Å². The number of amides is 2. The number of ether oxygens (including phenoxy) is 3. The minimum atomic E-state index is -0.129. The molecule has 0 spiro atoms. The Morgan fingerprint density at radius 2 is 1.78 bits per heavy atom. The number of carbonyl (C=O) groups excluding carboxylic acids is 2. The van der Waals surface area contributed by atoms with Crippen LogP contribution in [-0.4, -0.2) is 63.2 Å². The number of para-hydroxylation sites is 1. The van der Waals surface area contributed by atoms with Crippen LogP contribution in [0.1, 0.15) is 30.1 Å². The van der Waals surface area contributed by atoms with Crippen LogP contribution in [0.2, 0.25) is 0 Å². The van der Waals surface area contributed by atoms with Crippen molar-refractivity contribution < 1.29 is 23.8 Å². The monoisotopic (exact) mass is 441 g/mol. The molecule has 1 aliphatic heterocycles. The van der Waals surface area contributed by atoms with Crippen molar-refractivity contribution in [1.29, 1.82) is 0 Å². The van der Waals surface area contributed by atoms with E-state index in [0.29, 0.717) is 35.1 Å². The van der Waals surface area contributed by atoms with Gasteiger partial charge >= 0.3 is 0 Å². The molecule has 2 aromatic rings. The van der Waals surface area contributed by atoms with Crippen LogP contribution in [0, 0.1) is 0 Å². The molecule has 1 fully saturated rings. The van der Waals surface area contributed by atoms with Gasteiger partial charge in [-0.15, -0.1) is 0 Å². The normalized spacial score (nSPS) is 14.5. The summed E-state index contributed by atoms with van der Waals surface area (Å²) >= 11 is 0. The van der Waals surface area contributed by atoms with E-state index in [4.69, 9.17) is 14.2 Å². The molecule has 0 unspecified atom stereocenters. The predicted octanol–water partition coefficient (Wildman–Crippen LogP) is 2.94. The van der Waals surface area contributed by atoms with E-state index in [2.05, 4.69) is 15.5 Å². The molecule has 1 heterocycles. The zero-order chi connectivity index (χ0) is 22.9. The highest BCUT2D eigenvalue weighted by Crippen LogP contribution is 2.29. The van der Waals surface area contributed by atoms with Crippen molar-refractivity contribution in [2.24, 2.45) is 0 Å². The second kappa shape index (κ2) is 11.4. The van der Waals surface area contributed by atoms with Gasteiger partial charge in [-0.25, -0.2) is 0 Å². The fourth-order valence-corrected chi connectivity index (χ4v) is 3.74. The van der Waals surface area contributed by atoms with E-state index in [1.807, 2.05) is 19.1 Å². The van der Waals surface area contributed by atoms with Gasteiger partial charge in [-0.05, 0) is 44.0 Å². The first-order valence-electron chi connectivity index (χ1n) is 10.8. The topological polar surface area (TPSA) is 89.1 Å². The quantitative estimate of drug-likeness (QED) is 0.622. The lowest BCUT2D eigenvalue weighted by Gasteiger charge is -2.32. The Kier molecular flexibility index (Phi) is 8.33. The van der Waals surface area contributed by atoms with Crippen LogP contribution in [-0.2, 0) is 4.79 Å². The number of carbonyl (C=O) groups is 2. The Hall–Kier alpha value is -3.26. The zero-order valence-corrected chi connectivity index (χ0v) is 18.8. The second-order valence-corrected chi connectivity index (χ2v) is 7.57. The summed E-state index contributed by atoms with van der Waals surface area (Å²) in [5, 5.41) is 6.00. The van der Waals surface area contributed by atoms with Crippen molar-refractivity contribution in [2.45, 2.75) is 25.8 Å². The first-order chi connectivity index (χ1) is 15.5. The summed E-state index contributed by atoms with van der Waals surface area (Å²) in [6.45, 7) is 4.12. The number of rotatable bonds is 9. The third-order valence-electron chi connectivity index (χ3n) is 5.40. The molecule has 0 saturated carbocycles. The van der Waals surface area contributed by atoms with Gasteiger partial charge in [0.05, 0.1) is 38.6 Å². The van der Waals surface area contributed by atoms with Gasteiger partial charge in [0.1, 0.15) is 17.2 Å². The third kappa shape index (κ3) is 6.13. The highest BCUT2D eigenvalue weighted by Gasteiger charge is 2.24.